The van der Waals surface area contributed by atoms with Crippen LogP contribution in [0.25, 0.3) is 0 Å². The van der Waals surface area contributed by atoms with E-state index in [0.29, 0.717) is 0 Å². The highest BCUT2D eigenvalue weighted by Crippen LogP contribution is 2.14. The molecule has 0 spiro atoms. The maximum absolute atomic E-state index is 4.45. The van der Waals surface area contributed by atoms with Gasteiger partial charge in [-0.1, -0.05) is 32.1 Å². The van der Waals surface area contributed by atoms with Gasteiger partial charge in [-0.25, -0.2) is 0 Å². The predicted octanol–water partition coefficient (Wildman–Crippen LogP) is 3.73. The fourth-order valence-electron chi connectivity index (χ4n) is 1.41. The van der Waals surface area contributed by atoms with E-state index >= 15 is 0 Å². The minimum atomic E-state index is 0.725. The van der Waals surface area contributed by atoms with E-state index in [1.54, 1.807) is 0 Å². The highest BCUT2D eigenvalue weighted by atomic mass is 14.7. The van der Waals surface area contributed by atoms with E-state index in [-0.39, 0.29) is 0 Å². The van der Waals surface area contributed by atoms with Crippen LogP contribution in [0.2, 0.25) is 0 Å². The average molecular weight is 177 g/mol. The van der Waals surface area contributed by atoms with Crippen molar-refractivity contribution in [3.05, 3.63) is 24.4 Å². The molecule has 0 bridgehead atoms. The van der Waals surface area contributed by atoms with Gasteiger partial charge < -0.3 is 0 Å². The lowest BCUT2D eigenvalue weighted by Gasteiger charge is -2.01. The van der Waals surface area contributed by atoms with Crippen molar-refractivity contribution in [1.29, 1.82) is 0 Å². The molecule has 1 atom stereocenters. The van der Waals surface area contributed by atoms with Crippen molar-refractivity contribution in [2.24, 2.45) is 10.9 Å². The Morgan fingerprint density at radius 2 is 2.46 bits per heavy atom. The molecule has 0 radical (unpaired) electrons. The highest BCUT2D eigenvalue weighted by molar-refractivity contribution is 5.86. The molecule has 0 N–H and O–H groups in total. The summed E-state index contributed by atoms with van der Waals surface area (Å²) in [5, 5.41) is 0. The van der Waals surface area contributed by atoms with Crippen molar-refractivity contribution in [3.63, 3.8) is 0 Å². The topological polar surface area (TPSA) is 12.4 Å². The van der Waals surface area contributed by atoms with Crippen LogP contribution >= 0.6 is 0 Å². The van der Waals surface area contributed by atoms with Crippen LogP contribution in [-0.4, -0.2) is 5.71 Å². The summed E-state index contributed by atoms with van der Waals surface area (Å²) in [5.74, 6) is 0.725. The summed E-state index contributed by atoms with van der Waals surface area (Å²) in [7, 11) is 0. The largest absolute Gasteiger partial charge is 0.266 e. The Morgan fingerprint density at radius 1 is 1.62 bits per heavy atom. The number of nitrogens with zero attached hydrogens (tertiary/aromatic N) is 1. The Hall–Kier alpha value is -0.850. The van der Waals surface area contributed by atoms with Crippen LogP contribution in [0.15, 0.2) is 29.4 Å². The lowest BCUT2D eigenvalue weighted by atomic mass is 10.1. The lowest BCUT2D eigenvalue weighted by molar-refractivity contribution is 0.674. The fourth-order valence-corrected chi connectivity index (χ4v) is 1.41. The molecule has 1 aliphatic carbocycles. The van der Waals surface area contributed by atoms with Crippen molar-refractivity contribution < 1.29 is 0 Å². The van der Waals surface area contributed by atoms with E-state index in [0.717, 1.165) is 25.2 Å². The van der Waals surface area contributed by atoms with Crippen molar-refractivity contribution in [2.75, 3.05) is 0 Å². The molecule has 0 aliphatic heterocycles. The van der Waals surface area contributed by atoms with Gasteiger partial charge in [0.25, 0.3) is 0 Å². The van der Waals surface area contributed by atoms with Crippen LogP contribution in [-0.2, 0) is 0 Å². The molecule has 0 aromatic rings. The molecule has 0 unspecified atom stereocenters. The van der Waals surface area contributed by atoms with Crippen LogP contribution < -0.4 is 0 Å². The zero-order chi connectivity index (χ0) is 9.52. The van der Waals surface area contributed by atoms with E-state index in [1.165, 1.54) is 12.1 Å². The average Bonchev–Trinajstić information content (AvgIpc) is 2.32. The minimum absolute atomic E-state index is 0.725. The number of rotatable bonds is 2. The summed E-state index contributed by atoms with van der Waals surface area (Å²) < 4.78 is 0. The molecule has 72 valence electrons. The van der Waals surface area contributed by atoms with Crippen molar-refractivity contribution in [1.82, 2.24) is 0 Å². The molecule has 0 fully saturated rings. The molecule has 13 heavy (non-hydrogen) atoms. The Morgan fingerprint density at radius 3 is 3.23 bits per heavy atom. The third kappa shape index (κ3) is 4.07. The van der Waals surface area contributed by atoms with Gasteiger partial charge in [0.05, 0.1) is 0 Å². The van der Waals surface area contributed by atoms with Crippen LogP contribution in [0, 0.1) is 5.92 Å². The Labute approximate surface area is 81.3 Å². The maximum atomic E-state index is 4.45. The number of hydrogen-bond donors (Lipinski definition) is 0. The summed E-state index contributed by atoms with van der Waals surface area (Å²) in [5.41, 5.74) is 1.32. The first-order chi connectivity index (χ1) is 6.33. The fraction of sp³-hybridized carbons (Fsp3) is 0.583. The highest BCUT2D eigenvalue weighted by Gasteiger charge is 2.05. The van der Waals surface area contributed by atoms with Crippen molar-refractivity contribution in [3.8, 4) is 0 Å². The molecule has 1 aliphatic rings. The van der Waals surface area contributed by atoms with Gasteiger partial charge in [0.15, 0.2) is 0 Å². The molecule has 0 amide bonds. The molecule has 1 rings (SSSR count). The van der Waals surface area contributed by atoms with Gasteiger partial charge in [-0.05, 0) is 25.2 Å². The molecule has 0 aromatic heterocycles. The molecule has 0 heterocycles. The SMILES string of the molecule is CC/C=C\N=C1CC=C[C@H](C)CC1. The second-order valence-electron chi connectivity index (χ2n) is 3.64. The molecule has 0 aromatic carbocycles. The molecular formula is C12H19N. The number of hydrogen-bond acceptors (Lipinski definition) is 1. The van der Waals surface area contributed by atoms with Crippen LogP contribution in [0.1, 0.15) is 39.5 Å². The summed E-state index contributed by atoms with van der Waals surface area (Å²) in [6.07, 6.45) is 13.1. The predicted molar refractivity (Wildman–Crippen MR) is 59.0 cm³/mol. The number of aliphatic imine (C=N–C) groups is 1. The van der Waals surface area contributed by atoms with E-state index < -0.39 is 0 Å². The van der Waals surface area contributed by atoms with Crippen LogP contribution in [0.3, 0.4) is 0 Å². The summed E-state index contributed by atoms with van der Waals surface area (Å²) in [6, 6.07) is 0. The molecule has 1 heteroatoms. The van der Waals surface area contributed by atoms with E-state index in [2.05, 4.69) is 37.1 Å². The molecule has 1 nitrogen and oxygen atoms in total. The lowest BCUT2D eigenvalue weighted by Crippen LogP contribution is -1.95. The monoisotopic (exact) mass is 177 g/mol. The van der Waals surface area contributed by atoms with Gasteiger partial charge in [0, 0.05) is 18.3 Å². The Balaban J connectivity index is 2.48. The van der Waals surface area contributed by atoms with E-state index in [4.69, 9.17) is 0 Å². The first kappa shape index (κ1) is 10.2. The Kier molecular flexibility index (Phi) is 4.52. The van der Waals surface area contributed by atoms with Gasteiger partial charge >= 0.3 is 0 Å². The van der Waals surface area contributed by atoms with Gasteiger partial charge in [-0.3, -0.25) is 4.99 Å². The first-order valence-electron chi connectivity index (χ1n) is 5.20. The minimum Gasteiger partial charge on any atom is -0.266 e. The quantitative estimate of drug-likeness (QED) is 0.570. The van der Waals surface area contributed by atoms with Crippen LogP contribution in [0.5, 0.6) is 0 Å². The zero-order valence-corrected chi connectivity index (χ0v) is 8.66. The van der Waals surface area contributed by atoms with Gasteiger partial charge in [-0.2, -0.15) is 0 Å². The standard InChI is InChI=1S/C12H19N/c1-3-4-10-13-12-7-5-6-11(2)8-9-12/h4-6,10-11H,3,7-9H2,1-2H3/b10-4-,13-12?/t11-/m0/s1. The first-order valence-corrected chi connectivity index (χ1v) is 5.20. The molecular weight excluding hydrogens is 158 g/mol. The van der Waals surface area contributed by atoms with Crippen LogP contribution in [0.4, 0.5) is 0 Å². The second-order valence-corrected chi connectivity index (χ2v) is 3.64. The number of allylic oxidation sites excluding steroid dienone is 3. The zero-order valence-electron chi connectivity index (χ0n) is 8.66. The summed E-state index contributed by atoms with van der Waals surface area (Å²) >= 11 is 0. The second kappa shape index (κ2) is 5.74. The van der Waals surface area contributed by atoms with Crippen molar-refractivity contribution >= 4 is 5.71 Å². The van der Waals surface area contributed by atoms with E-state index in [9.17, 15) is 0 Å². The van der Waals surface area contributed by atoms with E-state index in [1.807, 2.05) is 6.20 Å². The summed E-state index contributed by atoms with van der Waals surface area (Å²) in [6.45, 7) is 4.40. The normalized spacial score (nSPS) is 26.9. The maximum Gasteiger partial charge on any atom is 0.0227 e. The molecule has 0 saturated heterocycles. The molecule has 0 saturated carbocycles. The van der Waals surface area contributed by atoms with Gasteiger partial charge in [0.2, 0.25) is 0 Å². The van der Waals surface area contributed by atoms with Gasteiger partial charge in [0.1, 0.15) is 0 Å². The van der Waals surface area contributed by atoms with Crippen molar-refractivity contribution in [2.45, 2.75) is 39.5 Å². The summed E-state index contributed by atoms with van der Waals surface area (Å²) in [4.78, 5) is 4.45. The third-order valence-electron chi connectivity index (χ3n) is 2.30. The Bertz CT molecular complexity index is 223. The van der Waals surface area contributed by atoms with Gasteiger partial charge in [-0.15, -0.1) is 0 Å². The smallest absolute Gasteiger partial charge is 0.0227 e. The third-order valence-corrected chi connectivity index (χ3v) is 2.30.